The van der Waals surface area contributed by atoms with Crippen molar-refractivity contribution in [2.75, 3.05) is 13.3 Å². The van der Waals surface area contributed by atoms with E-state index in [1.54, 1.807) is 7.05 Å². The van der Waals surface area contributed by atoms with Gasteiger partial charge in [-0.1, -0.05) is 0 Å². The first-order valence-electron chi connectivity index (χ1n) is 4.41. The van der Waals surface area contributed by atoms with Crippen molar-refractivity contribution in [3.63, 3.8) is 0 Å². The fourth-order valence-corrected chi connectivity index (χ4v) is 2.48. The molecule has 1 aliphatic heterocycles. The fourth-order valence-electron chi connectivity index (χ4n) is 1.73. The summed E-state index contributed by atoms with van der Waals surface area (Å²) in [6.45, 7) is 3.88. The number of sulfonamides is 1. The van der Waals surface area contributed by atoms with Gasteiger partial charge in [-0.2, -0.15) is 4.31 Å². The number of likely N-dealkylation sites (N-methyl/N-ethyl adjacent to an activating group) is 1. The van der Waals surface area contributed by atoms with Gasteiger partial charge in [0, 0.05) is 7.05 Å². The Balaban J connectivity index is 2.73. The van der Waals surface area contributed by atoms with Gasteiger partial charge in [0.25, 0.3) is 0 Å². The molecule has 4 nitrogen and oxygen atoms in total. The van der Waals surface area contributed by atoms with Gasteiger partial charge in [0.15, 0.2) is 0 Å². The smallest absolute Gasteiger partial charge is 0.211 e. The van der Waals surface area contributed by atoms with E-state index in [9.17, 15) is 8.42 Å². The third-order valence-corrected chi connectivity index (χ3v) is 3.87. The van der Waals surface area contributed by atoms with Crippen LogP contribution in [-0.2, 0) is 14.8 Å². The van der Waals surface area contributed by atoms with Crippen LogP contribution in [0.3, 0.4) is 0 Å². The molecule has 0 saturated carbocycles. The number of rotatable bonds is 2. The van der Waals surface area contributed by atoms with Gasteiger partial charge in [0.1, 0.15) is 0 Å². The Kier molecular flexibility index (Phi) is 2.99. The van der Waals surface area contributed by atoms with Gasteiger partial charge in [-0.15, -0.1) is 0 Å². The number of nitrogens with zero attached hydrogens (tertiary/aromatic N) is 1. The summed E-state index contributed by atoms with van der Waals surface area (Å²) in [6.07, 6.45) is 2.16. The highest BCUT2D eigenvalue weighted by Crippen LogP contribution is 2.24. The maximum Gasteiger partial charge on any atom is 0.211 e. The van der Waals surface area contributed by atoms with E-state index in [-0.39, 0.29) is 18.2 Å². The first kappa shape index (κ1) is 10.9. The summed E-state index contributed by atoms with van der Waals surface area (Å²) < 4.78 is 29.4. The van der Waals surface area contributed by atoms with Crippen LogP contribution in [0.25, 0.3) is 0 Å². The Morgan fingerprint density at radius 1 is 1.38 bits per heavy atom. The van der Waals surface area contributed by atoms with E-state index < -0.39 is 10.0 Å². The van der Waals surface area contributed by atoms with Crippen molar-refractivity contribution < 1.29 is 13.2 Å². The molecule has 1 saturated heterocycles. The molecule has 0 spiro atoms. The van der Waals surface area contributed by atoms with Crippen LogP contribution < -0.4 is 0 Å². The van der Waals surface area contributed by atoms with Gasteiger partial charge in [0.05, 0.1) is 24.5 Å². The van der Waals surface area contributed by atoms with Crippen molar-refractivity contribution in [1.82, 2.24) is 4.31 Å². The van der Waals surface area contributed by atoms with Crippen molar-refractivity contribution in [2.24, 2.45) is 0 Å². The summed E-state index contributed by atoms with van der Waals surface area (Å²) in [4.78, 5) is 0. The third kappa shape index (κ3) is 2.42. The summed E-state index contributed by atoms with van der Waals surface area (Å²) in [5, 5.41) is 0. The van der Waals surface area contributed by atoms with Crippen LogP contribution in [0.2, 0.25) is 0 Å². The molecule has 5 heteroatoms. The molecule has 3 unspecified atom stereocenters. The van der Waals surface area contributed by atoms with Gasteiger partial charge in [-0.25, -0.2) is 8.42 Å². The molecular weight excluding hydrogens is 190 g/mol. The SMILES string of the molecule is CC1CC(N(C)S(C)(=O)=O)C(C)O1. The highest BCUT2D eigenvalue weighted by molar-refractivity contribution is 7.88. The van der Waals surface area contributed by atoms with Crippen LogP contribution in [0.5, 0.6) is 0 Å². The molecule has 0 N–H and O–H groups in total. The summed E-state index contributed by atoms with van der Waals surface area (Å²) >= 11 is 0. The number of hydrogen-bond donors (Lipinski definition) is 0. The van der Waals surface area contributed by atoms with Gasteiger partial charge in [0.2, 0.25) is 10.0 Å². The number of ether oxygens (including phenoxy) is 1. The Morgan fingerprint density at radius 3 is 2.23 bits per heavy atom. The second-order valence-corrected chi connectivity index (χ2v) is 5.78. The highest BCUT2D eigenvalue weighted by atomic mass is 32.2. The molecule has 1 heterocycles. The van der Waals surface area contributed by atoms with E-state index >= 15 is 0 Å². The monoisotopic (exact) mass is 207 g/mol. The minimum Gasteiger partial charge on any atom is -0.374 e. The zero-order chi connectivity index (χ0) is 10.2. The topological polar surface area (TPSA) is 46.6 Å². The Bertz CT molecular complexity index is 275. The average Bonchev–Trinajstić information content (AvgIpc) is 2.26. The largest absolute Gasteiger partial charge is 0.374 e. The zero-order valence-corrected chi connectivity index (χ0v) is 9.34. The molecule has 0 aromatic rings. The summed E-state index contributed by atoms with van der Waals surface area (Å²) in [5.41, 5.74) is 0. The van der Waals surface area contributed by atoms with Gasteiger partial charge >= 0.3 is 0 Å². The standard InChI is InChI=1S/C8H17NO3S/c1-6-5-8(7(2)12-6)9(3)13(4,10)11/h6-8H,5H2,1-4H3. The predicted octanol–water partition coefficient (Wildman–Crippen LogP) is 0.444. The van der Waals surface area contributed by atoms with Crippen molar-refractivity contribution in [3.8, 4) is 0 Å². The van der Waals surface area contributed by atoms with Crippen molar-refractivity contribution >= 4 is 10.0 Å². The van der Waals surface area contributed by atoms with Crippen molar-refractivity contribution in [1.29, 1.82) is 0 Å². The minimum atomic E-state index is -3.09. The lowest BCUT2D eigenvalue weighted by Gasteiger charge is -2.23. The zero-order valence-electron chi connectivity index (χ0n) is 8.52. The summed E-state index contributed by atoms with van der Waals surface area (Å²) in [5.74, 6) is 0. The van der Waals surface area contributed by atoms with Crippen LogP contribution in [0, 0.1) is 0 Å². The number of hydrogen-bond acceptors (Lipinski definition) is 3. The molecule has 0 amide bonds. The van der Waals surface area contributed by atoms with Gasteiger partial charge in [-0.05, 0) is 20.3 Å². The molecule has 0 radical (unpaired) electrons. The first-order chi connectivity index (χ1) is 5.82. The lowest BCUT2D eigenvalue weighted by Crippen LogP contribution is -2.40. The Hall–Kier alpha value is -0.130. The van der Waals surface area contributed by atoms with Crippen molar-refractivity contribution in [2.45, 2.75) is 38.5 Å². The molecule has 0 aliphatic carbocycles. The third-order valence-electron chi connectivity index (χ3n) is 2.55. The normalized spacial score (nSPS) is 35.6. The summed E-state index contributed by atoms with van der Waals surface area (Å²) in [6, 6.07) is -0.00926. The fraction of sp³-hybridized carbons (Fsp3) is 1.00. The summed E-state index contributed by atoms with van der Waals surface area (Å²) in [7, 11) is -1.48. The Labute approximate surface area is 79.9 Å². The quantitative estimate of drug-likeness (QED) is 0.660. The van der Waals surface area contributed by atoms with E-state index in [4.69, 9.17) is 4.74 Å². The molecule has 3 atom stereocenters. The van der Waals surface area contributed by atoms with E-state index in [1.807, 2.05) is 13.8 Å². The molecule has 0 aromatic heterocycles. The molecule has 0 bridgehead atoms. The molecule has 78 valence electrons. The molecular formula is C8H17NO3S. The van der Waals surface area contributed by atoms with Crippen LogP contribution in [0.4, 0.5) is 0 Å². The molecule has 1 aliphatic rings. The minimum absolute atomic E-state index is 0.00488. The second-order valence-electron chi connectivity index (χ2n) is 3.73. The van der Waals surface area contributed by atoms with Crippen molar-refractivity contribution in [3.05, 3.63) is 0 Å². The van der Waals surface area contributed by atoms with Gasteiger partial charge < -0.3 is 4.74 Å². The van der Waals surface area contributed by atoms with Crippen LogP contribution in [0.15, 0.2) is 0 Å². The van der Waals surface area contributed by atoms with Crippen LogP contribution >= 0.6 is 0 Å². The van der Waals surface area contributed by atoms with E-state index in [2.05, 4.69) is 0 Å². The van der Waals surface area contributed by atoms with E-state index in [0.29, 0.717) is 0 Å². The molecule has 1 fully saturated rings. The van der Waals surface area contributed by atoms with Crippen LogP contribution in [-0.4, -0.2) is 44.3 Å². The van der Waals surface area contributed by atoms with Gasteiger partial charge in [-0.3, -0.25) is 0 Å². The molecule has 0 aromatic carbocycles. The highest BCUT2D eigenvalue weighted by Gasteiger charge is 2.35. The second kappa shape index (κ2) is 3.55. The maximum absolute atomic E-state index is 11.2. The predicted molar refractivity (Wildman–Crippen MR) is 51.0 cm³/mol. The molecule has 1 rings (SSSR count). The molecule has 13 heavy (non-hydrogen) atoms. The van der Waals surface area contributed by atoms with Crippen LogP contribution in [0.1, 0.15) is 20.3 Å². The first-order valence-corrected chi connectivity index (χ1v) is 6.25. The van der Waals surface area contributed by atoms with E-state index in [1.165, 1.54) is 10.6 Å². The average molecular weight is 207 g/mol. The maximum atomic E-state index is 11.2. The lowest BCUT2D eigenvalue weighted by molar-refractivity contribution is 0.0548. The Morgan fingerprint density at radius 2 is 1.92 bits per heavy atom. The lowest BCUT2D eigenvalue weighted by atomic mass is 10.1. The van der Waals surface area contributed by atoms with E-state index in [0.717, 1.165) is 6.42 Å².